The first-order valence-electron chi connectivity index (χ1n) is 6.30. The van der Waals surface area contributed by atoms with Gasteiger partial charge in [-0.25, -0.2) is 17.7 Å². The molecule has 0 aromatic heterocycles. The molecule has 21 heavy (non-hydrogen) atoms. The Hall–Kier alpha value is -1.40. The van der Waals surface area contributed by atoms with E-state index in [1.807, 2.05) is 0 Å². The maximum Gasteiger partial charge on any atom is 0.232 e. The molecule has 114 valence electrons. The maximum atomic E-state index is 14.2. The van der Waals surface area contributed by atoms with Crippen molar-refractivity contribution in [2.45, 2.75) is 24.8 Å². The van der Waals surface area contributed by atoms with Gasteiger partial charge in [-0.2, -0.15) is 5.26 Å². The van der Waals surface area contributed by atoms with Gasteiger partial charge in [0.15, 0.2) is 0 Å². The Bertz CT molecular complexity index is 598. The summed E-state index contributed by atoms with van der Waals surface area (Å²) >= 11 is -2.31. The Kier molecular flexibility index (Phi) is 5.00. The predicted octanol–water partition coefficient (Wildman–Crippen LogP) is 1.76. The molecule has 0 bridgehead atoms. The van der Waals surface area contributed by atoms with Crippen LogP contribution in [0.2, 0.25) is 0 Å². The summed E-state index contributed by atoms with van der Waals surface area (Å²) in [7, 11) is 0. The minimum absolute atomic E-state index is 0.0136. The van der Waals surface area contributed by atoms with Crippen molar-refractivity contribution >= 4 is 11.3 Å². The average Bonchev–Trinajstić information content (AvgIpc) is 2.48. The van der Waals surface area contributed by atoms with E-state index in [0.29, 0.717) is 26.1 Å². The van der Waals surface area contributed by atoms with E-state index in [9.17, 15) is 18.3 Å². The summed E-state index contributed by atoms with van der Waals surface area (Å²) in [6.07, 6.45) is 0.607. The summed E-state index contributed by atoms with van der Waals surface area (Å²) in [4.78, 5) is 0. The van der Waals surface area contributed by atoms with Crippen molar-refractivity contribution < 1.29 is 22.3 Å². The number of hydrogen-bond acceptors (Lipinski definition) is 3. The van der Waals surface area contributed by atoms with Gasteiger partial charge < -0.3 is 4.74 Å². The molecule has 2 N–H and O–H groups in total. The summed E-state index contributed by atoms with van der Waals surface area (Å²) in [5, 5.41) is 9.38. The van der Waals surface area contributed by atoms with E-state index in [0.717, 1.165) is 12.1 Å². The van der Waals surface area contributed by atoms with Gasteiger partial charge in [0.05, 0.1) is 11.5 Å². The van der Waals surface area contributed by atoms with Gasteiger partial charge in [-0.05, 0) is 25.0 Å². The molecule has 1 unspecified atom stereocenters. The molecule has 1 aliphatic heterocycles. The van der Waals surface area contributed by atoms with Crippen LogP contribution >= 0.6 is 0 Å². The first-order chi connectivity index (χ1) is 9.98. The van der Waals surface area contributed by atoms with Crippen LogP contribution in [-0.4, -0.2) is 22.0 Å². The molecule has 1 aliphatic rings. The topological polar surface area (TPSA) is 82.4 Å². The summed E-state index contributed by atoms with van der Waals surface area (Å²) in [6.45, 7) is 0.359. The Morgan fingerprint density at radius 3 is 2.62 bits per heavy atom. The lowest BCUT2D eigenvalue weighted by Crippen LogP contribution is -2.33. The van der Waals surface area contributed by atoms with Gasteiger partial charge in [-0.3, -0.25) is 4.55 Å². The molecule has 1 aromatic carbocycles. The highest BCUT2D eigenvalue weighted by atomic mass is 32.2. The molecule has 0 aliphatic carbocycles. The second kappa shape index (κ2) is 6.58. The van der Waals surface area contributed by atoms with Gasteiger partial charge in [0.25, 0.3) is 0 Å². The van der Waals surface area contributed by atoms with Crippen LogP contribution in [0, 0.1) is 23.0 Å². The lowest BCUT2D eigenvalue weighted by Gasteiger charge is -2.31. The normalized spacial score (nSPS) is 19.0. The number of nitrogens with zero attached hydrogens (tertiary/aromatic N) is 1. The van der Waals surface area contributed by atoms with E-state index in [1.165, 1.54) is 0 Å². The maximum absolute atomic E-state index is 14.2. The van der Waals surface area contributed by atoms with E-state index < -0.39 is 28.3 Å². The van der Waals surface area contributed by atoms with E-state index in [1.54, 1.807) is 0 Å². The molecular weight excluding hydrogens is 302 g/mol. The molecule has 1 heterocycles. The summed E-state index contributed by atoms with van der Waals surface area (Å²) in [5.74, 6) is -1.41. The number of ether oxygens (including phenoxy) is 1. The molecule has 1 atom stereocenters. The summed E-state index contributed by atoms with van der Waals surface area (Å²) < 4.78 is 54.6. The Balaban J connectivity index is 2.35. The molecule has 0 saturated carbocycles. The number of rotatable bonds is 4. The van der Waals surface area contributed by atoms with E-state index in [-0.39, 0.29) is 17.7 Å². The fourth-order valence-corrected chi connectivity index (χ4v) is 2.67. The number of nitrogens with one attached hydrogen (secondary N) is 1. The second-order valence-corrected chi connectivity index (χ2v) is 5.59. The fraction of sp³-hybridized carbons (Fsp3) is 0.462. The summed E-state index contributed by atoms with van der Waals surface area (Å²) in [5.41, 5.74) is -1.15. The predicted molar refractivity (Wildman–Crippen MR) is 71.3 cm³/mol. The van der Waals surface area contributed by atoms with Crippen LogP contribution in [0.5, 0.6) is 0 Å². The first-order valence-corrected chi connectivity index (χ1v) is 7.41. The highest BCUT2D eigenvalue weighted by Gasteiger charge is 2.37. The zero-order valence-electron chi connectivity index (χ0n) is 11.1. The van der Waals surface area contributed by atoms with Crippen molar-refractivity contribution in [3.63, 3.8) is 0 Å². The molecule has 5 nitrogen and oxygen atoms in total. The third-order valence-electron chi connectivity index (χ3n) is 3.60. The van der Waals surface area contributed by atoms with Crippen LogP contribution in [0.25, 0.3) is 0 Å². The Labute approximate surface area is 123 Å². The van der Waals surface area contributed by atoms with Crippen molar-refractivity contribution in [3.05, 3.63) is 34.9 Å². The van der Waals surface area contributed by atoms with E-state index >= 15 is 0 Å². The molecular formula is C13H14F2N2O3S. The quantitative estimate of drug-likeness (QED) is 0.829. The minimum Gasteiger partial charge on any atom is -0.381 e. The lowest BCUT2D eigenvalue weighted by atomic mass is 9.75. The van der Waals surface area contributed by atoms with Gasteiger partial charge >= 0.3 is 0 Å². The van der Waals surface area contributed by atoms with Crippen molar-refractivity contribution in [3.8, 4) is 6.07 Å². The standard InChI is InChI=1S/C13H14F2N2O3S/c14-11-6-10(13(8-16)1-3-20-4-2-13)12(15)5-9(11)7-17-21(18)19/h5-6,17H,1-4,7H2,(H,18,19). The molecule has 2 rings (SSSR count). The number of nitriles is 1. The van der Waals surface area contributed by atoms with Crippen LogP contribution in [0.3, 0.4) is 0 Å². The zero-order chi connectivity index (χ0) is 15.5. The van der Waals surface area contributed by atoms with E-state index in [4.69, 9.17) is 9.29 Å². The van der Waals surface area contributed by atoms with Crippen molar-refractivity contribution in [1.29, 1.82) is 5.26 Å². The van der Waals surface area contributed by atoms with Gasteiger partial charge in [0.1, 0.15) is 11.6 Å². The SMILES string of the molecule is N#CC1(c2cc(F)c(CNS(=O)O)cc2F)CCOCC1. The highest BCUT2D eigenvalue weighted by Crippen LogP contribution is 2.36. The van der Waals surface area contributed by atoms with Crippen LogP contribution in [0.15, 0.2) is 12.1 Å². The molecule has 1 saturated heterocycles. The Morgan fingerprint density at radius 2 is 2.05 bits per heavy atom. The highest BCUT2D eigenvalue weighted by molar-refractivity contribution is 7.77. The number of halogens is 2. The fourth-order valence-electron chi connectivity index (χ4n) is 2.39. The number of hydrogen-bond donors (Lipinski definition) is 2. The third-order valence-corrected chi connectivity index (χ3v) is 3.99. The molecule has 8 heteroatoms. The average molecular weight is 316 g/mol. The third kappa shape index (κ3) is 3.44. The van der Waals surface area contributed by atoms with Crippen LogP contribution in [-0.2, 0) is 28.0 Å². The number of benzene rings is 1. The molecule has 0 radical (unpaired) electrons. The van der Waals surface area contributed by atoms with Crippen molar-refractivity contribution in [2.75, 3.05) is 13.2 Å². The van der Waals surface area contributed by atoms with Gasteiger partial charge in [0, 0.05) is 30.9 Å². The molecule has 1 aromatic rings. The van der Waals surface area contributed by atoms with Crippen LogP contribution in [0.4, 0.5) is 8.78 Å². The van der Waals surface area contributed by atoms with Gasteiger partial charge in [-0.15, -0.1) is 0 Å². The summed E-state index contributed by atoms with van der Waals surface area (Å²) in [6, 6.07) is 4.04. The lowest BCUT2D eigenvalue weighted by molar-refractivity contribution is 0.0664. The van der Waals surface area contributed by atoms with Crippen LogP contribution in [0.1, 0.15) is 24.0 Å². The Morgan fingerprint density at radius 1 is 1.38 bits per heavy atom. The smallest absolute Gasteiger partial charge is 0.232 e. The van der Waals surface area contributed by atoms with Crippen LogP contribution < -0.4 is 4.72 Å². The van der Waals surface area contributed by atoms with Crippen molar-refractivity contribution in [2.24, 2.45) is 0 Å². The second-order valence-electron chi connectivity index (χ2n) is 4.80. The van der Waals surface area contributed by atoms with Crippen molar-refractivity contribution in [1.82, 2.24) is 4.72 Å². The largest absolute Gasteiger partial charge is 0.381 e. The minimum atomic E-state index is -2.31. The molecule has 0 amide bonds. The first kappa shape index (κ1) is 16.0. The van der Waals surface area contributed by atoms with E-state index in [2.05, 4.69) is 10.8 Å². The zero-order valence-corrected chi connectivity index (χ0v) is 11.9. The monoisotopic (exact) mass is 316 g/mol. The van der Waals surface area contributed by atoms with Gasteiger partial charge in [0.2, 0.25) is 11.3 Å². The molecule has 1 fully saturated rings. The van der Waals surface area contributed by atoms with Gasteiger partial charge in [-0.1, -0.05) is 0 Å². The molecule has 0 spiro atoms.